The molecule has 11 heteroatoms. The summed E-state index contributed by atoms with van der Waals surface area (Å²) in [4.78, 5) is 15.5. The third-order valence-electron chi connectivity index (χ3n) is 4.91. The second kappa shape index (κ2) is 7.93. The second-order valence-corrected chi connectivity index (χ2v) is 8.77. The lowest BCUT2D eigenvalue weighted by atomic mass is 10.1. The third kappa shape index (κ3) is 3.97. The van der Waals surface area contributed by atoms with Crippen molar-refractivity contribution in [2.75, 3.05) is 10.0 Å². The van der Waals surface area contributed by atoms with Crippen molar-refractivity contribution in [3.05, 3.63) is 77.5 Å². The molecule has 0 saturated carbocycles. The maximum Gasteiger partial charge on any atom is 0.337 e. The Balaban J connectivity index is 1.69. The number of hydrogen-bond acceptors (Lipinski definition) is 6. The number of carbonyl (C=O) groups is 1. The van der Waals surface area contributed by atoms with Crippen LogP contribution in [0.15, 0.2) is 59.9 Å². The standard InChI is InChI=1S/C21H18FN5O4S/c1-12-6-7-15(26-32(30,31)16-5-3-4-14(22)8-16)9-18(12)25-20-19-13(2)17(21(28)29)10-27(19)24-11-23-20/h3-11,26H,1-2H3,(H,28,29)(H,23,24,25). The molecule has 0 aliphatic rings. The van der Waals surface area contributed by atoms with Crippen LogP contribution in [0.3, 0.4) is 0 Å². The van der Waals surface area contributed by atoms with Gasteiger partial charge in [0.1, 0.15) is 17.7 Å². The van der Waals surface area contributed by atoms with Gasteiger partial charge in [0.25, 0.3) is 10.0 Å². The molecule has 0 fully saturated rings. The number of aromatic nitrogens is 3. The highest BCUT2D eigenvalue weighted by Crippen LogP contribution is 2.29. The third-order valence-corrected chi connectivity index (χ3v) is 6.29. The summed E-state index contributed by atoms with van der Waals surface area (Å²) < 4.78 is 42.5. The van der Waals surface area contributed by atoms with Crippen LogP contribution in [0.5, 0.6) is 0 Å². The minimum atomic E-state index is -4.00. The SMILES string of the molecule is Cc1ccc(NS(=O)(=O)c2cccc(F)c2)cc1Nc1ncnn2cc(C(=O)O)c(C)c12. The first-order chi connectivity index (χ1) is 15.2. The molecule has 0 atom stereocenters. The summed E-state index contributed by atoms with van der Waals surface area (Å²) in [5.41, 5.74) is 2.66. The van der Waals surface area contributed by atoms with Gasteiger partial charge in [0.15, 0.2) is 5.82 Å². The van der Waals surface area contributed by atoms with Crippen molar-refractivity contribution in [3.63, 3.8) is 0 Å². The topological polar surface area (TPSA) is 126 Å². The van der Waals surface area contributed by atoms with Crippen molar-refractivity contribution in [3.8, 4) is 0 Å². The average molecular weight is 455 g/mol. The van der Waals surface area contributed by atoms with E-state index in [1.165, 1.54) is 29.2 Å². The van der Waals surface area contributed by atoms with Gasteiger partial charge in [0, 0.05) is 11.9 Å². The monoisotopic (exact) mass is 455 g/mol. The number of fused-ring (bicyclic) bond motifs is 1. The fraction of sp³-hybridized carbons (Fsp3) is 0.0952. The fourth-order valence-corrected chi connectivity index (χ4v) is 4.34. The van der Waals surface area contributed by atoms with E-state index in [9.17, 15) is 22.7 Å². The van der Waals surface area contributed by atoms with Crippen LogP contribution in [0.25, 0.3) is 5.52 Å². The smallest absolute Gasteiger partial charge is 0.337 e. The predicted octanol–water partition coefficient (Wildman–Crippen LogP) is 3.73. The minimum Gasteiger partial charge on any atom is -0.478 e. The molecule has 0 saturated heterocycles. The second-order valence-electron chi connectivity index (χ2n) is 7.09. The van der Waals surface area contributed by atoms with E-state index in [2.05, 4.69) is 20.1 Å². The molecule has 0 aliphatic carbocycles. The Kier molecular flexibility index (Phi) is 5.26. The Bertz CT molecular complexity index is 1470. The number of halogens is 1. The first-order valence-corrected chi connectivity index (χ1v) is 10.9. The van der Waals surface area contributed by atoms with Crippen LogP contribution in [0.1, 0.15) is 21.5 Å². The predicted molar refractivity (Wildman–Crippen MR) is 116 cm³/mol. The van der Waals surface area contributed by atoms with E-state index >= 15 is 0 Å². The number of carboxylic acids is 1. The van der Waals surface area contributed by atoms with Gasteiger partial charge in [-0.05, 0) is 55.3 Å². The number of hydrogen-bond donors (Lipinski definition) is 3. The van der Waals surface area contributed by atoms with Crippen LogP contribution in [0.4, 0.5) is 21.6 Å². The maximum absolute atomic E-state index is 13.5. The number of carboxylic acid groups (broad SMARTS) is 1. The molecule has 0 unspecified atom stereocenters. The van der Waals surface area contributed by atoms with Gasteiger partial charge in [-0.3, -0.25) is 4.72 Å². The number of benzene rings is 2. The fourth-order valence-electron chi connectivity index (χ4n) is 3.26. The average Bonchev–Trinajstić information content (AvgIpc) is 3.08. The Morgan fingerprint density at radius 2 is 1.94 bits per heavy atom. The molecule has 2 heterocycles. The highest BCUT2D eigenvalue weighted by molar-refractivity contribution is 7.92. The molecule has 0 aliphatic heterocycles. The summed E-state index contributed by atoms with van der Waals surface area (Å²) in [7, 11) is -4.00. The quantitative estimate of drug-likeness (QED) is 0.404. The zero-order chi connectivity index (χ0) is 23.0. The lowest BCUT2D eigenvalue weighted by Gasteiger charge is -2.14. The van der Waals surface area contributed by atoms with Gasteiger partial charge in [0.2, 0.25) is 0 Å². The highest BCUT2D eigenvalue weighted by Gasteiger charge is 2.19. The molecule has 0 amide bonds. The van der Waals surface area contributed by atoms with E-state index < -0.39 is 21.8 Å². The number of sulfonamides is 1. The molecule has 4 rings (SSSR count). The Labute approximate surface area is 182 Å². The number of nitrogens with zero attached hydrogens (tertiary/aromatic N) is 3. The lowest BCUT2D eigenvalue weighted by molar-refractivity contribution is 0.0696. The van der Waals surface area contributed by atoms with E-state index in [0.29, 0.717) is 22.6 Å². The van der Waals surface area contributed by atoms with Crippen molar-refractivity contribution in [1.82, 2.24) is 14.6 Å². The van der Waals surface area contributed by atoms with Crippen molar-refractivity contribution in [1.29, 1.82) is 0 Å². The minimum absolute atomic E-state index is 0.0990. The number of aryl methyl sites for hydroxylation is 2. The summed E-state index contributed by atoms with van der Waals surface area (Å²) in [5.74, 6) is -1.38. The van der Waals surface area contributed by atoms with Crippen LogP contribution < -0.4 is 10.0 Å². The summed E-state index contributed by atoms with van der Waals surface area (Å²) in [6.45, 7) is 3.48. The molecule has 2 aromatic heterocycles. The summed E-state index contributed by atoms with van der Waals surface area (Å²) in [5, 5.41) is 16.6. The van der Waals surface area contributed by atoms with E-state index in [1.807, 2.05) is 6.92 Å². The maximum atomic E-state index is 13.5. The number of rotatable bonds is 6. The largest absolute Gasteiger partial charge is 0.478 e. The van der Waals surface area contributed by atoms with Gasteiger partial charge in [0.05, 0.1) is 16.1 Å². The van der Waals surface area contributed by atoms with Crippen molar-refractivity contribution in [2.45, 2.75) is 18.7 Å². The van der Waals surface area contributed by atoms with Crippen LogP contribution in [0, 0.1) is 19.7 Å². The first kappa shape index (κ1) is 21.2. The van der Waals surface area contributed by atoms with Crippen LogP contribution in [-0.4, -0.2) is 34.1 Å². The van der Waals surface area contributed by atoms with Crippen LogP contribution >= 0.6 is 0 Å². The molecular weight excluding hydrogens is 437 g/mol. The number of nitrogens with one attached hydrogen (secondary N) is 2. The number of aromatic carboxylic acids is 1. The Morgan fingerprint density at radius 3 is 2.66 bits per heavy atom. The molecule has 0 spiro atoms. The van der Waals surface area contributed by atoms with E-state index in [1.54, 1.807) is 25.1 Å². The summed E-state index contributed by atoms with van der Waals surface area (Å²) in [6.07, 6.45) is 2.68. The lowest BCUT2D eigenvalue weighted by Crippen LogP contribution is -2.13. The normalized spacial score (nSPS) is 11.5. The van der Waals surface area contributed by atoms with Gasteiger partial charge in [-0.1, -0.05) is 12.1 Å². The molecule has 0 radical (unpaired) electrons. The van der Waals surface area contributed by atoms with E-state index in [0.717, 1.165) is 17.7 Å². The van der Waals surface area contributed by atoms with Crippen LogP contribution in [-0.2, 0) is 10.0 Å². The zero-order valence-electron chi connectivity index (χ0n) is 17.0. The number of anilines is 3. The molecular formula is C21H18FN5O4S. The Morgan fingerprint density at radius 1 is 1.16 bits per heavy atom. The molecule has 164 valence electrons. The van der Waals surface area contributed by atoms with Crippen LogP contribution in [0.2, 0.25) is 0 Å². The van der Waals surface area contributed by atoms with E-state index in [4.69, 9.17) is 0 Å². The van der Waals surface area contributed by atoms with Crippen molar-refractivity contribution < 1.29 is 22.7 Å². The van der Waals surface area contributed by atoms with Gasteiger partial charge >= 0.3 is 5.97 Å². The molecule has 9 nitrogen and oxygen atoms in total. The summed E-state index contributed by atoms with van der Waals surface area (Å²) in [6, 6.07) is 9.57. The van der Waals surface area contributed by atoms with Crippen molar-refractivity contribution in [2.24, 2.45) is 0 Å². The molecule has 32 heavy (non-hydrogen) atoms. The molecule has 0 bridgehead atoms. The zero-order valence-corrected chi connectivity index (χ0v) is 17.8. The van der Waals surface area contributed by atoms with Gasteiger partial charge < -0.3 is 10.4 Å². The summed E-state index contributed by atoms with van der Waals surface area (Å²) >= 11 is 0. The van der Waals surface area contributed by atoms with Gasteiger partial charge in [-0.15, -0.1) is 0 Å². The highest BCUT2D eigenvalue weighted by atomic mass is 32.2. The molecule has 4 aromatic rings. The molecule has 3 N–H and O–H groups in total. The Hall–Kier alpha value is -3.99. The first-order valence-electron chi connectivity index (χ1n) is 9.38. The van der Waals surface area contributed by atoms with Crippen molar-refractivity contribution >= 4 is 38.7 Å². The van der Waals surface area contributed by atoms with Gasteiger partial charge in [-0.2, -0.15) is 5.10 Å². The molecule has 2 aromatic carbocycles. The van der Waals surface area contributed by atoms with E-state index in [-0.39, 0.29) is 16.1 Å². The van der Waals surface area contributed by atoms with Gasteiger partial charge in [-0.25, -0.2) is 27.1 Å².